The average molecular weight is 303 g/mol. The summed E-state index contributed by atoms with van der Waals surface area (Å²) in [5, 5.41) is 16.4. The molecule has 1 unspecified atom stereocenters. The Bertz CT molecular complexity index is 472. The molecule has 1 atom stereocenters. The Hall–Kier alpha value is -0.970. The minimum absolute atomic E-state index is 0.0835. The Labute approximate surface area is 122 Å². The van der Waals surface area contributed by atoms with Gasteiger partial charge in [-0.05, 0) is 44.5 Å². The second-order valence-electron chi connectivity index (χ2n) is 4.64. The molecule has 1 aliphatic heterocycles. The lowest BCUT2D eigenvalue weighted by molar-refractivity contribution is 0.0931. The van der Waals surface area contributed by atoms with Gasteiger partial charge in [-0.1, -0.05) is 23.2 Å². The Balaban J connectivity index is 2.11. The summed E-state index contributed by atoms with van der Waals surface area (Å²) >= 11 is 11.7. The fourth-order valence-corrected chi connectivity index (χ4v) is 2.66. The highest BCUT2D eigenvalue weighted by Crippen LogP contribution is 2.31. The predicted octanol–water partition coefficient (Wildman–Crippen LogP) is 2.57. The first-order valence-corrected chi connectivity index (χ1v) is 7.03. The van der Waals surface area contributed by atoms with Gasteiger partial charge in [-0.15, -0.1) is 0 Å². The summed E-state index contributed by atoms with van der Waals surface area (Å²) in [6.45, 7) is 1.86. The van der Waals surface area contributed by atoms with E-state index in [-0.39, 0.29) is 28.3 Å². The van der Waals surface area contributed by atoms with Crippen LogP contribution in [0.25, 0.3) is 0 Å². The van der Waals surface area contributed by atoms with Gasteiger partial charge in [0.2, 0.25) is 0 Å². The smallest absolute Gasteiger partial charge is 0.255 e. The first-order chi connectivity index (χ1) is 9.08. The van der Waals surface area contributed by atoms with Gasteiger partial charge in [-0.25, -0.2) is 0 Å². The third-order valence-electron chi connectivity index (χ3n) is 3.18. The van der Waals surface area contributed by atoms with E-state index >= 15 is 0 Å². The Morgan fingerprint density at radius 2 is 2.11 bits per heavy atom. The van der Waals surface area contributed by atoms with E-state index in [0.717, 1.165) is 32.4 Å². The third kappa shape index (κ3) is 3.75. The van der Waals surface area contributed by atoms with Gasteiger partial charge in [-0.2, -0.15) is 0 Å². The van der Waals surface area contributed by atoms with Crippen molar-refractivity contribution in [3.63, 3.8) is 0 Å². The molecule has 0 spiro atoms. The zero-order chi connectivity index (χ0) is 13.8. The van der Waals surface area contributed by atoms with Crippen LogP contribution in [0.5, 0.6) is 5.75 Å². The molecule has 6 heteroatoms. The molecule has 104 valence electrons. The van der Waals surface area contributed by atoms with Gasteiger partial charge in [0.15, 0.2) is 0 Å². The Kier molecular flexibility index (Phi) is 4.91. The molecule has 0 saturated carbocycles. The van der Waals surface area contributed by atoms with Crippen molar-refractivity contribution in [2.45, 2.75) is 25.3 Å². The molecule has 2 rings (SSSR count). The quantitative estimate of drug-likeness (QED) is 0.787. The zero-order valence-corrected chi connectivity index (χ0v) is 11.9. The van der Waals surface area contributed by atoms with Crippen LogP contribution in [0, 0.1) is 0 Å². The van der Waals surface area contributed by atoms with E-state index in [4.69, 9.17) is 23.2 Å². The monoisotopic (exact) mass is 302 g/mol. The molecular formula is C13H16Cl2N2O2. The van der Waals surface area contributed by atoms with Gasteiger partial charge in [-0.3, -0.25) is 4.79 Å². The summed E-state index contributed by atoms with van der Waals surface area (Å²) < 4.78 is 0. The van der Waals surface area contributed by atoms with Crippen molar-refractivity contribution in [3.05, 3.63) is 27.7 Å². The molecule has 1 aromatic carbocycles. The summed E-state index contributed by atoms with van der Waals surface area (Å²) in [6.07, 6.45) is 2.82. The van der Waals surface area contributed by atoms with Crippen molar-refractivity contribution in [2.24, 2.45) is 0 Å². The van der Waals surface area contributed by atoms with E-state index in [2.05, 4.69) is 10.6 Å². The molecule has 1 aromatic rings. The maximum Gasteiger partial charge on any atom is 0.255 e. The van der Waals surface area contributed by atoms with Gasteiger partial charge >= 0.3 is 0 Å². The van der Waals surface area contributed by atoms with E-state index in [1.165, 1.54) is 12.1 Å². The van der Waals surface area contributed by atoms with E-state index in [1.807, 2.05) is 0 Å². The Morgan fingerprint density at radius 3 is 2.89 bits per heavy atom. The van der Waals surface area contributed by atoms with Crippen molar-refractivity contribution in [2.75, 3.05) is 13.1 Å². The fourth-order valence-electron chi connectivity index (χ4n) is 2.17. The predicted molar refractivity (Wildman–Crippen MR) is 76.1 cm³/mol. The summed E-state index contributed by atoms with van der Waals surface area (Å²) in [6, 6.07) is 2.94. The summed E-state index contributed by atoms with van der Waals surface area (Å²) in [5.41, 5.74) is 0.120. The largest absolute Gasteiger partial charge is 0.506 e. The highest BCUT2D eigenvalue weighted by atomic mass is 35.5. The van der Waals surface area contributed by atoms with Crippen LogP contribution in [0.1, 0.15) is 29.6 Å². The number of amides is 1. The lowest BCUT2D eigenvalue weighted by atomic mass is 10.1. The van der Waals surface area contributed by atoms with Gasteiger partial charge in [0.1, 0.15) is 5.75 Å². The third-order valence-corrected chi connectivity index (χ3v) is 3.69. The fraction of sp³-hybridized carbons (Fsp3) is 0.462. The molecule has 1 fully saturated rings. The van der Waals surface area contributed by atoms with Crippen LogP contribution in [-0.4, -0.2) is 30.1 Å². The number of carbonyl (C=O) groups is 1. The number of carbonyl (C=O) groups excluding carboxylic acids is 1. The summed E-state index contributed by atoms with van der Waals surface area (Å²) in [5.74, 6) is -0.566. The molecule has 1 heterocycles. The SMILES string of the molecule is O=C(NC1CCCNCC1)c1cc(Cl)cc(Cl)c1O. The van der Waals surface area contributed by atoms with Gasteiger partial charge in [0.05, 0.1) is 10.6 Å². The number of phenols is 1. The minimum atomic E-state index is -0.339. The van der Waals surface area contributed by atoms with Crippen molar-refractivity contribution < 1.29 is 9.90 Å². The molecule has 0 radical (unpaired) electrons. The molecule has 0 aliphatic carbocycles. The maximum atomic E-state index is 12.1. The number of halogens is 2. The molecule has 1 amide bonds. The maximum absolute atomic E-state index is 12.1. The van der Waals surface area contributed by atoms with Crippen molar-refractivity contribution in [1.82, 2.24) is 10.6 Å². The molecule has 1 saturated heterocycles. The van der Waals surface area contributed by atoms with E-state index in [9.17, 15) is 9.90 Å². The zero-order valence-electron chi connectivity index (χ0n) is 10.4. The molecule has 1 aliphatic rings. The van der Waals surface area contributed by atoms with E-state index < -0.39 is 0 Å². The molecule has 0 bridgehead atoms. The normalized spacial score (nSPS) is 19.8. The van der Waals surface area contributed by atoms with Crippen LogP contribution in [0.4, 0.5) is 0 Å². The number of hydrogen-bond acceptors (Lipinski definition) is 3. The first-order valence-electron chi connectivity index (χ1n) is 6.27. The highest BCUT2D eigenvalue weighted by Gasteiger charge is 2.19. The molecular weight excluding hydrogens is 287 g/mol. The average Bonchev–Trinajstić information content (AvgIpc) is 2.62. The van der Waals surface area contributed by atoms with Crippen LogP contribution in [0.3, 0.4) is 0 Å². The number of benzene rings is 1. The second-order valence-corrected chi connectivity index (χ2v) is 5.48. The molecule has 4 nitrogen and oxygen atoms in total. The number of rotatable bonds is 2. The van der Waals surface area contributed by atoms with E-state index in [0.29, 0.717) is 5.02 Å². The number of hydrogen-bond donors (Lipinski definition) is 3. The van der Waals surface area contributed by atoms with Crippen molar-refractivity contribution >= 4 is 29.1 Å². The lowest BCUT2D eigenvalue weighted by Crippen LogP contribution is -2.35. The first kappa shape index (κ1) is 14.4. The standard InChI is InChI=1S/C13H16Cl2N2O2/c14-8-6-10(12(18)11(15)7-8)13(19)17-9-2-1-4-16-5-3-9/h6-7,9,16,18H,1-5H2,(H,17,19). The van der Waals surface area contributed by atoms with E-state index in [1.54, 1.807) is 0 Å². The van der Waals surface area contributed by atoms with Crippen molar-refractivity contribution in [1.29, 1.82) is 0 Å². The van der Waals surface area contributed by atoms with Crippen molar-refractivity contribution in [3.8, 4) is 5.75 Å². The lowest BCUT2D eigenvalue weighted by Gasteiger charge is -2.16. The minimum Gasteiger partial charge on any atom is -0.506 e. The van der Waals surface area contributed by atoms with Gasteiger partial charge < -0.3 is 15.7 Å². The Morgan fingerprint density at radius 1 is 1.32 bits per heavy atom. The molecule has 19 heavy (non-hydrogen) atoms. The van der Waals surface area contributed by atoms with Gasteiger partial charge in [0, 0.05) is 11.1 Å². The van der Waals surface area contributed by atoms with Crippen LogP contribution in [-0.2, 0) is 0 Å². The molecule has 0 aromatic heterocycles. The van der Waals surface area contributed by atoms with Gasteiger partial charge in [0.25, 0.3) is 5.91 Å². The molecule has 3 N–H and O–H groups in total. The highest BCUT2D eigenvalue weighted by molar-refractivity contribution is 6.36. The van der Waals surface area contributed by atoms with Crippen LogP contribution in [0.2, 0.25) is 10.0 Å². The van der Waals surface area contributed by atoms with Crippen LogP contribution < -0.4 is 10.6 Å². The topological polar surface area (TPSA) is 61.4 Å². The number of phenolic OH excluding ortho intramolecular Hbond substituents is 1. The van der Waals surface area contributed by atoms with Crippen LogP contribution in [0.15, 0.2) is 12.1 Å². The van der Waals surface area contributed by atoms with Crippen LogP contribution >= 0.6 is 23.2 Å². The second kappa shape index (κ2) is 6.46. The number of nitrogens with one attached hydrogen (secondary N) is 2. The summed E-state index contributed by atoms with van der Waals surface area (Å²) in [7, 11) is 0. The summed E-state index contributed by atoms with van der Waals surface area (Å²) in [4.78, 5) is 12.1. The number of aromatic hydroxyl groups is 1.